The topological polar surface area (TPSA) is 185 Å². The number of benzene rings is 1. The highest BCUT2D eigenvalue weighted by molar-refractivity contribution is 5.98. The van der Waals surface area contributed by atoms with Gasteiger partial charge in [0.2, 0.25) is 5.91 Å². The Kier molecular flexibility index (Phi) is 7.98. The van der Waals surface area contributed by atoms with E-state index in [9.17, 15) is 24.7 Å². The maximum Gasteiger partial charge on any atom is 0.263 e. The average Bonchev–Trinajstić information content (AvgIpc) is 3.17. The number of rotatable bonds is 9. The molecule has 0 aliphatic carbocycles. The van der Waals surface area contributed by atoms with Crippen LogP contribution in [0.25, 0.3) is 0 Å². The molecule has 0 spiro atoms. The maximum absolute atomic E-state index is 12.9. The zero-order valence-corrected chi connectivity index (χ0v) is 16.9. The van der Waals surface area contributed by atoms with Crippen molar-refractivity contribution in [1.82, 2.24) is 9.96 Å². The molecule has 2 rings (SSSR count). The summed E-state index contributed by atoms with van der Waals surface area (Å²) in [5.74, 6) is -2.09. The van der Waals surface area contributed by atoms with Crippen molar-refractivity contribution >= 4 is 17.7 Å². The van der Waals surface area contributed by atoms with Crippen LogP contribution < -0.4 is 21.9 Å². The quantitative estimate of drug-likeness (QED) is 0.193. The molecule has 3 amide bonds. The van der Waals surface area contributed by atoms with E-state index in [4.69, 9.17) is 21.9 Å². The second-order valence-electron chi connectivity index (χ2n) is 7.23. The van der Waals surface area contributed by atoms with E-state index in [-0.39, 0.29) is 30.0 Å². The molecule has 0 radical (unpaired) electrons. The molecule has 1 aromatic carbocycles. The smallest absolute Gasteiger partial charge is 0.263 e. The van der Waals surface area contributed by atoms with Crippen molar-refractivity contribution in [3.8, 4) is 11.5 Å². The zero-order valence-electron chi connectivity index (χ0n) is 16.9. The van der Waals surface area contributed by atoms with Gasteiger partial charge in [0, 0.05) is 18.5 Å². The number of ether oxygens (including phenoxy) is 1. The first-order valence-electron chi connectivity index (χ1n) is 9.66. The molecule has 1 heterocycles. The number of amides is 3. The van der Waals surface area contributed by atoms with Crippen LogP contribution in [0.5, 0.6) is 11.5 Å². The molecule has 1 aliphatic rings. The summed E-state index contributed by atoms with van der Waals surface area (Å²) in [6.45, 7) is 0.363. The summed E-state index contributed by atoms with van der Waals surface area (Å²) in [5.41, 5.74) is 16.8. The number of nitrogens with zero attached hydrogens (tertiary/aromatic N) is 2. The minimum Gasteiger partial charge on any atom is -0.504 e. The summed E-state index contributed by atoms with van der Waals surface area (Å²) < 4.78 is 4.95. The molecule has 1 aliphatic heterocycles. The van der Waals surface area contributed by atoms with Gasteiger partial charge in [0.1, 0.15) is 6.04 Å². The van der Waals surface area contributed by atoms with Crippen molar-refractivity contribution < 1.29 is 29.4 Å². The lowest BCUT2D eigenvalue weighted by atomic mass is 10.1. The Balaban J connectivity index is 2.14. The molecule has 0 aromatic heterocycles. The Hall–Kier alpha value is -2.89. The number of primary amides is 1. The molecular weight excluding hydrogens is 394 g/mol. The van der Waals surface area contributed by atoms with Gasteiger partial charge >= 0.3 is 0 Å². The minimum absolute atomic E-state index is 0.0268. The Morgan fingerprint density at radius 2 is 2.03 bits per heavy atom. The molecule has 166 valence electrons. The molecule has 0 unspecified atom stereocenters. The van der Waals surface area contributed by atoms with Crippen LogP contribution in [-0.4, -0.2) is 76.3 Å². The monoisotopic (exact) mass is 423 g/mol. The SMILES string of the molecule is COc1ccc(C(=O)N2C[C@H](N(O)C(=O)[C@@H](N)CCCCN)C[C@H]2C(N)=O)cc1O. The Morgan fingerprint density at radius 3 is 2.60 bits per heavy atom. The molecule has 1 fully saturated rings. The normalized spacial score (nSPS) is 19.4. The van der Waals surface area contributed by atoms with Gasteiger partial charge in [-0.1, -0.05) is 6.42 Å². The number of unbranched alkanes of at least 4 members (excludes halogenated alkanes) is 1. The number of aromatic hydroxyl groups is 1. The molecular formula is C19H29N5O6. The maximum atomic E-state index is 12.9. The van der Waals surface area contributed by atoms with Gasteiger partial charge in [-0.15, -0.1) is 0 Å². The first kappa shape index (κ1) is 23.4. The fraction of sp³-hybridized carbons (Fsp3) is 0.526. The van der Waals surface area contributed by atoms with Gasteiger partial charge in [-0.2, -0.15) is 0 Å². The Morgan fingerprint density at radius 1 is 1.33 bits per heavy atom. The highest BCUT2D eigenvalue weighted by Gasteiger charge is 2.43. The third-order valence-electron chi connectivity index (χ3n) is 5.15. The van der Waals surface area contributed by atoms with E-state index < -0.39 is 35.8 Å². The summed E-state index contributed by atoms with van der Waals surface area (Å²) in [6.07, 6.45) is 1.67. The van der Waals surface area contributed by atoms with Gasteiger partial charge in [-0.25, -0.2) is 5.06 Å². The number of hydrogen-bond acceptors (Lipinski definition) is 8. The van der Waals surface area contributed by atoms with E-state index in [1.165, 1.54) is 30.2 Å². The van der Waals surface area contributed by atoms with Crippen LogP contribution in [0.4, 0.5) is 0 Å². The molecule has 0 saturated carbocycles. The van der Waals surface area contributed by atoms with Crippen LogP contribution in [-0.2, 0) is 9.59 Å². The lowest BCUT2D eigenvalue weighted by Gasteiger charge is -2.25. The Bertz CT molecular complexity index is 789. The summed E-state index contributed by atoms with van der Waals surface area (Å²) in [7, 11) is 1.37. The number of hydrogen-bond donors (Lipinski definition) is 5. The lowest BCUT2D eigenvalue weighted by molar-refractivity contribution is -0.176. The Labute approximate surface area is 174 Å². The first-order valence-corrected chi connectivity index (χ1v) is 9.66. The first-order chi connectivity index (χ1) is 14.2. The number of nitrogens with two attached hydrogens (primary N) is 3. The summed E-state index contributed by atoms with van der Waals surface area (Å²) >= 11 is 0. The van der Waals surface area contributed by atoms with Crippen molar-refractivity contribution in [2.75, 3.05) is 20.2 Å². The van der Waals surface area contributed by atoms with Crippen LogP contribution in [0.15, 0.2) is 18.2 Å². The van der Waals surface area contributed by atoms with Crippen LogP contribution in [0.2, 0.25) is 0 Å². The van der Waals surface area contributed by atoms with E-state index in [0.29, 0.717) is 30.9 Å². The van der Waals surface area contributed by atoms with Crippen molar-refractivity contribution in [3.63, 3.8) is 0 Å². The fourth-order valence-corrected chi connectivity index (χ4v) is 3.46. The average molecular weight is 423 g/mol. The summed E-state index contributed by atoms with van der Waals surface area (Å²) in [6, 6.07) is 1.27. The lowest BCUT2D eigenvalue weighted by Crippen LogP contribution is -2.48. The van der Waals surface area contributed by atoms with Crippen molar-refractivity contribution in [1.29, 1.82) is 0 Å². The number of likely N-dealkylation sites (tertiary alicyclic amines) is 1. The van der Waals surface area contributed by atoms with Crippen molar-refractivity contribution in [2.24, 2.45) is 17.2 Å². The second-order valence-corrected chi connectivity index (χ2v) is 7.23. The van der Waals surface area contributed by atoms with Crippen molar-refractivity contribution in [2.45, 2.75) is 43.8 Å². The minimum atomic E-state index is -1.03. The van der Waals surface area contributed by atoms with Gasteiger partial charge in [0.25, 0.3) is 11.8 Å². The van der Waals surface area contributed by atoms with Gasteiger partial charge in [-0.3, -0.25) is 19.6 Å². The number of carbonyl (C=O) groups is 3. The standard InChI is InChI=1S/C19H29N5O6/c1-30-16-6-5-11(8-15(16)25)18(27)23-10-12(9-14(23)17(22)26)24(29)19(28)13(21)4-2-3-7-20/h5-6,8,12-14,25,29H,2-4,7,9-10,20-21H2,1H3,(H2,22,26)/t12-,13+,14+/m1/s1. The highest BCUT2D eigenvalue weighted by Crippen LogP contribution is 2.29. The summed E-state index contributed by atoms with van der Waals surface area (Å²) in [4.78, 5) is 38.4. The van der Waals surface area contributed by atoms with Gasteiger partial charge in [-0.05, 0) is 37.6 Å². The number of phenolic OH excluding ortho intramolecular Hbond substituents is 1. The second kappa shape index (κ2) is 10.2. The number of carbonyl (C=O) groups excluding carboxylic acids is 3. The van der Waals surface area contributed by atoms with E-state index in [1.54, 1.807) is 0 Å². The molecule has 1 aromatic rings. The van der Waals surface area contributed by atoms with E-state index in [2.05, 4.69) is 0 Å². The van der Waals surface area contributed by atoms with Gasteiger partial charge in [0.05, 0.1) is 19.2 Å². The van der Waals surface area contributed by atoms with Crippen LogP contribution in [0, 0.1) is 0 Å². The third-order valence-corrected chi connectivity index (χ3v) is 5.15. The van der Waals surface area contributed by atoms with E-state index >= 15 is 0 Å². The largest absolute Gasteiger partial charge is 0.504 e. The molecule has 11 heteroatoms. The molecule has 1 saturated heterocycles. The van der Waals surface area contributed by atoms with Crippen molar-refractivity contribution in [3.05, 3.63) is 23.8 Å². The van der Waals surface area contributed by atoms with E-state index in [1.807, 2.05) is 0 Å². The van der Waals surface area contributed by atoms with Crippen LogP contribution >= 0.6 is 0 Å². The summed E-state index contributed by atoms with van der Waals surface area (Å²) in [5, 5.41) is 20.8. The fourth-order valence-electron chi connectivity index (χ4n) is 3.46. The number of phenols is 1. The van der Waals surface area contributed by atoms with Crippen LogP contribution in [0.3, 0.4) is 0 Å². The molecule has 30 heavy (non-hydrogen) atoms. The number of hydroxylamine groups is 2. The molecule has 11 nitrogen and oxygen atoms in total. The third kappa shape index (κ3) is 5.17. The zero-order chi connectivity index (χ0) is 22.4. The van der Waals surface area contributed by atoms with E-state index in [0.717, 1.165) is 0 Å². The van der Waals surface area contributed by atoms with Gasteiger partial charge < -0.3 is 31.9 Å². The van der Waals surface area contributed by atoms with Crippen LogP contribution in [0.1, 0.15) is 36.0 Å². The van der Waals surface area contributed by atoms with Gasteiger partial charge in [0.15, 0.2) is 11.5 Å². The number of methoxy groups -OCH3 is 1. The molecule has 3 atom stereocenters. The predicted octanol–water partition coefficient (Wildman–Crippen LogP) is -0.857. The highest BCUT2D eigenvalue weighted by atomic mass is 16.5. The molecule has 8 N–H and O–H groups in total. The molecule has 0 bridgehead atoms. The predicted molar refractivity (Wildman–Crippen MR) is 107 cm³/mol.